The molecule has 6 heteroatoms. The Balaban J connectivity index is 1.83. The maximum atomic E-state index is 13.4. The van der Waals surface area contributed by atoms with E-state index in [2.05, 4.69) is 17.1 Å². The Kier molecular flexibility index (Phi) is 5.22. The molecule has 1 aliphatic heterocycles. The minimum absolute atomic E-state index is 0.201. The fraction of sp³-hybridized carbons (Fsp3) is 0.533. The smallest absolute Gasteiger partial charge is 0.225 e. The lowest BCUT2D eigenvalue weighted by molar-refractivity contribution is -0.116. The first kappa shape index (κ1) is 15.8. The molecule has 1 heterocycles. The molecule has 0 bridgehead atoms. The molecule has 1 aliphatic rings. The average molecular weight is 300 g/mol. The van der Waals surface area contributed by atoms with Gasteiger partial charge in [-0.05, 0) is 44.0 Å². The number of nitrogens with one attached hydrogen (secondary N) is 1. The van der Waals surface area contributed by atoms with Gasteiger partial charge in [-0.25, -0.2) is 13.2 Å². The first-order valence-corrected chi connectivity index (χ1v) is 7.13. The Morgan fingerprint density at radius 1 is 1.24 bits per heavy atom. The van der Waals surface area contributed by atoms with Gasteiger partial charge in [0.25, 0.3) is 0 Å². The first-order chi connectivity index (χ1) is 9.97. The van der Waals surface area contributed by atoms with E-state index in [-0.39, 0.29) is 12.1 Å². The number of rotatable bonds is 4. The van der Waals surface area contributed by atoms with Gasteiger partial charge in [0.05, 0.1) is 5.69 Å². The van der Waals surface area contributed by atoms with Crippen LogP contribution in [0.15, 0.2) is 12.1 Å². The van der Waals surface area contributed by atoms with Crippen molar-refractivity contribution >= 4 is 11.6 Å². The Bertz CT molecular complexity index is 514. The summed E-state index contributed by atoms with van der Waals surface area (Å²) >= 11 is 0. The lowest BCUT2D eigenvalue weighted by Gasteiger charge is -2.29. The molecule has 0 aromatic heterocycles. The number of hydrogen-bond donors (Lipinski definition) is 1. The zero-order chi connectivity index (χ0) is 15.4. The second-order valence-electron chi connectivity index (χ2n) is 5.55. The van der Waals surface area contributed by atoms with E-state index in [4.69, 9.17) is 0 Å². The maximum absolute atomic E-state index is 13.4. The number of halogens is 3. The molecule has 0 spiro atoms. The molecule has 2 rings (SSSR count). The highest BCUT2D eigenvalue weighted by atomic mass is 19.2. The van der Waals surface area contributed by atoms with Gasteiger partial charge < -0.3 is 10.2 Å². The summed E-state index contributed by atoms with van der Waals surface area (Å²) in [6.07, 6.45) is 2.42. The van der Waals surface area contributed by atoms with Crippen molar-refractivity contribution < 1.29 is 18.0 Å². The monoisotopic (exact) mass is 300 g/mol. The number of amides is 1. The van der Waals surface area contributed by atoms with Crippen LogP contribution in [0.1, 0.15) is 26.2 Å². The molecule has 116 valence electrons. The summed E-state index contributed by atoms with van der Waals surface area (Å²) in [7, 11) is 0. The standard InChI is InChI=1S/C15H19F3N2O/c1-10-4-7-20(8-5-10)9-6-13(21)19-12-3-2-11(16)14(17)15(12)18/h2-3,10H,4-9H2,1H3,(H,19,21). The third-order valence-electron chi connectivity index (χ3n) is 3.84. The van der Waals surface area contributed by atoms with Gasteiger partial charge in [0, 0.05) is 13.0 Å². The summed E-state index contributed by atoms with van der Waals surface area (Å²) in [4.78, 5) is 13.9. The molecule has 1 fully saturated rings. The molecule has 3 nitrogen and oxygen atoms in total. The van der Waals surface area contributed by atoms with Crippen LogP contribution in [-0.2, 0) is 4.79 Å². The van der Waals surface area contributed by atoms with E-state index in [1.165, 1.54) is 0 Å². The van der Waals surface area contributed by atoms with Crippen molar-refractivity contribution in [1.82, 2.24) is 4.90 Å². The van der Waals surface area contributed by atoms with E-state index in [0.29, 0.717) is 12.5 Å². The summed E-state index contributed by atoms with van der Waals surface area (Å²) in [5, 5.41) is 2.28. The normalized spacial score (nSPS) is 17.0. The van der Waals surface area contributed by atoms with Gasteiger partial charge >= 0.3 is 0 Å². The van der Waals surface area contributed by atoms with Crippen LogP contribution in [0.5, 0.6) is 0 Å². The van der Waals surface area contributed by atoms with E-state index < -0.39 is 23.4 Å². The lowest BCUT2D eigenvalue weighted by atomic mass is 9.99. The van der Waals surface area contributed by atoms with Crippen molar-refractivity contribution in [3.63, 3.8) is 0 Å². The molecule has 0 saturated carbocycles. The molecule has 1 aromatic carbocycles. The maximum Gasteiger partial charge on any atom is 0.225 e. The van der Waals surface area contributed by atoms with E-state index in [9.17, 15) is 18.0 Å². The third kappa shape index (κ3) is 4.20. The molecular formula is C15H19F3N2O. The van der Waals surface area contributed by atoms with Gasteiger partial charge in [0.15, 0.2) is 17.5 Å². The van der Waals surface area contributed by atoms with Crippen LogP contribution >= 0.6 is 0 Å². The number of carbonyl (C=O) groups excluding carboxylic acids is 1. The second kappa shape index (κ2) is 6.93. The Morgan fingerprint density at radius 2 is 1.90 bits per heavy atom. The highest BCUT2D eigenvalue weighted by molar-refractivity contribution is 5.90. The van der Waals surface area contributed by atoms with Crippen LogP contribution in [0, 0.1) is 23.4 Å². The SMILES string of the molecule is CC1CCN(CCC(=O)Nc2ccc(F)c(F)c2F)CC1. The molecule has 0 unspecified atom stereocenters. The fourth-order valence-electron chi connectivity index (χ4n) is 2.38. The van der Waals surface area contributed by atoms with Crippen LogP contribution in [-0.4, -0.2) is 30.4 Å². The van der Waals surface area contributed by atoms with E-state index >= 15 is 0 Å². The minimum Gasteiger partial charge on any atom is -0.323 e. The lowest BCUT2D eigenvalue weighted by Crippen LogP contribution is -2.35. The number of likely N-dealkylation sites (tertiary alicyclic amines) is 1. The molecule has 1 amide bonds. The molecule has 1 saturated heterocycles. The largest absolute Gasteiger partial charge is 0.323 e. The zero-order valence-electron chi connectivity index (χ0n) is 12.0. The predicted molar refractivity (Wildman–Crippen MR) is 74.4 cm³/mol. The number of nitrogens with zero attached hydrogens (tertiary/aromatic N) is 1. The molecule has 0 aliphatic carbocycles. The van der Waals surface area contributed by atoms with Crippen LogP contribution in [0.3, 0.4) is 0 Å². The quantitative estimate of drug-likeness (QED) is 0.866. The molecular weight excluding hydrogens is 281 g/mol. The van der Waals surface area contributed by atoms with E-state index in [0.717, 1.165) is 38.1 Å². The number of hydrogen-bond acceptors (Lipinski definition) is 2. The molecule has 1 N–H and O–H groups in total. The van der Waals surface area contributed by atoms with Crippen molar-refractivity contribution in [3.05, 3.63) is 29.6 Å². The number of piperidine rings is 1. The minimum atomic E-state index is -1.57. The topological polar surface area (TPSA) is 32.3 Å². The van der Waals surface area contributed by atoms with Crippen molar-refractivity contribution in [1.29, 1.82) is 0 Å². The Labute approximate surface area is 122 Å². The van der Waals surface area contributed by atoms with Gasteiger partial charge in [-0.2, -0.15) is 0 Å². The molecule has 1 aromatic rings. The molecule has 0 radical (unpaired) electrons. The summed E-state index contributed by atoms with van der Waals surface area (Å²) in [5.41, 5.74) is -0.328. The molecule has 21 heavy (non-hydrogen) atoms. The fourth-order valence-corrected chi connectivity index (χ4v) is 2.38. The first-order valence-electron chi connectivity index (χ1n) is 7.13. The Morgan fingerprint density at radius 3 is 2.57 bits per heavy atom. The highest BCUT2D eigenvalue weighted by Crippen LogP contribution is 2.20. The van der Waals surface area contributed by atoms with Crippen molar-refractivity contribution in [3.8, 4) is 0 Å². The summed E-state index contributed by atoms with van der Waals surface area (Å²) < 4.78 is 39.3. The van der Waals surface area contributed by atoms with Crippen LogP contribution < -0.4 is 5.32 Å². The number of carbonyl (C=O) groups is 1. The summed E-state index contributed by atoms with van der Waals surface area (Å²) in [6.45, 7) is 4.70. The van der Waals surface area contributed by atoms with Crippen molar-refractivity contribution in [2.45, 2.75) is 26.2 Å². The van der Waals surface area contributed by atoms with Crippen molar-refractivity contribution in [2.75, 3.05) is 25.0 Å². The number of benzene rings is 1. The van der Waals surface area contributed by atoms with Gasteiger partial charge in [-0.1, -0.05) is 6.92 Å². The Hall–Kier alpha value is -1.56. The summed E-state index contributed by atoms with van der Waals surface area (Å²) in [6, 6.07) is 1.81. The van der Waals surface area contributed by atoms with Gasteiger partial charge in [-0.3, -0.25) is 4.79 Å². The summed E-state index contributed by atoms with van der Waals surface area (Å²) in [5.74, 6) is -3.90. The zero-order valence-corrected chi connectivity index (χ0v) is 12.0. The van der Waals surface area contributed by atoms with Crippen LogP contribution in [0.4, 0.5) is 18.9 Å². The highest BCUT2D eigenvalue weighted by Gasteiger charge is 2.18. The van der Waals surface area contributed by atoms with Crippen LogP contribution in [0.25, 0.3) is 0 Å². The molecule has 0 atom stereocenters. The average Bonchev–Trinajstić information content (AvgIpc) is 2.47. The predicted octanol–water partition coefficient (Wildman–Crippen LogP) is 3.16. The van der Waals surface area contributed by atoms with E-state index in [1.54, 1.807) is 0 Å². The van der Waals surface area contributed by atoms with Gasteiger partial charge in [0.2, 0.25) is 5.91 Å². The van der Waals surface area contributed by atoms with Crippen LogP contribution in [0.2, 0.25) is 0 Å². The third-order valence-corrected chi connectivity index (χ3v) is 3.84. The van der Waals surface area contributed by atoms with Gasteiger partial charge in [0.1, 0.15) is 0 Å². The number of anilines is 1. The van der Waals surface area contributed by atoms with E-state index in [1.807, 2.05) is 0 Å². The van der Waals surface area contributed by atoms with Gasteiger partial charge in [-0.15, -0.1) is 0 Å². The second-order valence-corrected chi connectivity index (χ2v) is 5.55. The van der Waals surface area contributed by atoms with Crippen molar-refractivity contribution in [2.24, 2.45) is 5.92 Å².